The van der Waals surface area contributed by atoms with Gasteiger partial charge in [-0.3, -0.25) is 0 Å². The third-order valence-electron chi connectivity index (χ3n) is 4.49. The molecule has 1 heterocycles. The Bertz CT molecular complexity index is 605. The topological polar surface area (TPSA) is 63.4 Å². The standard InChI is InChI=1S/C14H19ClN2O2S/c15-12-2-1-3-14(7-12)20(18,19)17-8-10-4-5-13(16)6-11(10)9-17/h1-3,7,10-11,13H,4-6,8-9,16H2/t10-,11+,13?/m1/s1. The van der Waals surface area contributed by atoms with Gasteiger partial charge in [0.25, 0.3) is 0 Å². The number of nitrogens with zero attached hydrogens (tertiary/aromatic N) is 1. The summed E-state index contributed by atoms with van der Waals surface area (Å²) < 4.78 is 26.9. The van der Waals surface area contributed by atoms with Gasteiger partial charge in [0.2, 0.25) is 10.0 Å². The van der Waals surface area contributed by atoms with Crippen molar-refractivity contribution in [2.45, 2.75) is 30.2 Å². The lowest BCUT2D eigenvalue weighted by molar-refractivity contribution is 0.271. The van der Waals surface area contributed by atoms with E-state index in [9.17, 15) is 8.42 Å². The van der Waals surface area contributed by atoms with Crippen molar-refractivity contribution in [3.8, 4) is 0 Å². The van der Waals surface area contributed by atoms with Crippen LogP contribution in [0.15, 0.2) is 29.2 Å². The van der Waals surface area contributed by atoms with E-state index in [0.29, 0.717) is 29.9 Å². The van der Waals surface area contributed by atoms with Gasteiger partial charge in [-0.2, -0.15) is 4.31 Å². The van der Waals surface area contributed by atoms with Gasteiger partial charge < -0.3 is 5.73 Å². The van der Waals surface area contributed by atoms with Crippen LogP contribution in [0.25, 0.3) is 0 Å². The highest BCUT2D eigenvalue weighted by Crippen LogP contribution is 2.38. The number of hydrogen-bond acceptors (Lipinski definition) is 3. The number of hydrogen-bond donors (Lipinski definition) is 1. The highest BCUT2D eigenvalue weighted by atomic mass is 35.5. The van der Waals surface area contributed by atoms with Crippen LogP contribution in [-0.4, -0.2) is 31.9 Å². The molecule has 1 aromatic rings. The van der Waals surface area contributed by atoms with E-state index in [2.05, 4.69) is 0 Å². The van der Waals surface area contributed by atoms with Crippen LogP contribution in [-0.2, 0) is 10.0 Å². The lowest BCUT2D eigenvalue weighted by Gasteiger charge is -2.28. The molecule has 4 nitrogen and oxygen atoms in total. The van der Waals surface area contributed by atoms with E-state index in [0.717, 1.165) is 19.3 Å². The number of fused-ring (bicyclic) bond motifs is 1. The van der Waals surface area contributed by atoms with Gasteiger partial charge in [-0.05, 0) is 49.3 Å². The summed E-state index contributed by atoms with van der Waals surface area (Å²) in [6.45, 7) is 1.21. The summed E-state index contributed by atoms with van der Waals surface area (Å²) in [5.74, 6) is 0.872. The minimum Gasteiger partial charge on any atom is -0.328 e. The molecule has 1 aliphatic carbocycles. The molecule has 0 amide bonds. The summed E-state index contributed by atoms with van der Waals surface area (Å²) in [7, 11) is -3.43. The average Bonchev–Trinajstić information content (AvgIpc) is 2.82. The van der Waals surface area contributed by atoms with Crippen molar-refractivity contribution >= 4 is 21.6 Å². The van der Waals surface area contributed by atoms with E-state index < -0.39 is 10.0 Å². The molecule has 0 spiro atoms. The second-order valence-electron chi connectivity index (χ2n) is 5.87. The fraction of sp³-hybridized carbons (Fsp3) is 0.571. The molecule has 1 aliphatic heterocycles. The van der Waals surface area contributed by atoms with Crippen LogP contribution >= 0.6 is 11.6 Å². The van der Waals surface area contributed by atoms with Crippen molar-refractivity contribution in [3.05, 3.63) is 29.3 Å². The molecule has 0 aromatic heterocycles. The summed E-state index contributed by atoms with van der Waals surface area (Å²) in [5.41, 5.74) is 5.99. The van der Waals surface area contributed by atoms with Crippen molar-refractivity contribution in [3.63, 3.8) is 0 Å². The summed E-state index contributed by atoms with van der Waals surface area (Å²) in [6, 6.07) is 6.71. The largest absolute Gasteiger partial charge is 0.328 e. The van der Waals surface area contributed by atoms with Gasteiger partial charge in [-0.25, -0.2) is 8.42 Å². The molecular formula is C14H19ClN2O2S. The lowest BCUT2D eigenvalue weighted by atomic mass is 9.79. The smallest absolute Gasteiger partial charge is 0.243 e. The summed E-state index contributed by atoms with van der Waals surface area (Å²) in [4.78, 5) is 0.285. The number of halogens is 1. The molecule has 110 valence electrons. The van der Waals surface area contributed by atoms with Crippen LogP contribution in [0.5, 0.6) is 0 Å². The lowest BCUT2D eigenvalue weighted by Crippen LogP contribution is -2.32. The predicted molar refractivity (Wildman–Crippen MR) is 79.0 cm³/mol. The Morgan fingerprint density at radius 1 is 1.20 bits per heavy atom. The first-order valence-corrected chi connectivity index (χ1v) is 8.80. The van der Waals surface area contributed by atoms with E-state index in [1.807, 2.05) is 0 Å². The van der Waals surface area contributed by atoms with Crippen molar-refractivity contribution in [1.29, 1.82) is 0 Å². The molecule has 1 saturated heterocycles. The Morgan fingerprint density at radius 3 is 2.70 bits per heavy atom. The first-order valence-electron chi connectivity index (χ1n) is 6.98. The highest BCUT2D eigenvalue weighted by molar-refractivity contribution is 7.89. The molecule has 20 heavy (non-hydrogen) atoms. The molecule has 1 saturated carbocycles. The van der Waals surface area contributed by atoms with Gasteiger partial charge in [-0.15, -0.1) is 0 Å². The normalized spacial score (nSPS) is 31.2. The van der Waals surface area contributed by atoms with E-state index in [1.165, 1.54) is 6.07 Å². The zero-order valence-corrected chi connectivity index (χ0v) is 12.8. The summed E-state index contributed by atoms with van der Waals surface area (Å²) in [6.07, 6.45) is 2.98. The van der Waals surface area contributed by atoms with Gasteiger partial charge in [0.1, 0.15) is 0 Å². The Labute approximate surface area is 125 Å². The fourth-order valence-corrected chi connectivity index (χ4v) is 5.25. The van der Waals surface area contributed by atoms with Crippen molar-refractivity contribution < 1.29 is 8.42 Å². The quantitative estimate of drug-likeness (QED) is 0.909. The SMILES string of the molecule is NC1CC[C@@H]2CN(S(=O)(=O)c3cccc(Cl)c3)C[C@@H]2C1. The molecule has 2 N–H and O–H groups in total. The molecular weight excluding hydrogens is 296 g/mol. The average molecular weight is 315 g/mol. The number of nitrogens with two attached hydrogens (primary N) is 1. The molecule has 2 fully saturated rings. The molecule has 3 rings (SSSR count). The van der Waals surface area contributed by atoms with Gasteiger partial charge in [0, 0.05) is 24.2 Å². The maximum absolute atomic E-state index is 12.6. The maximum atomic E-state index is 12.6. The van der Waals surface area contributed by atoms with Crippen LogP contribution < -0.4 is 5.73 Å². The van der Waals surface area contributed by atoms with Crippen molar-refractivity contribution in [2.75, 3.05) is 13.1 Å². The zero-order valence-electron chi connectivity index (χ0n) is 11.2. The van der Waals surface area contributed by atoms with E-state index in [1.54, 1.807) is 22.5 Å². The van der Waals surface area contributed by atoms with Gasteiger partial charge >= 0.3 is 0 Å². The molecule has 2 aliphatic rings. The fourth-order valence-electron chi connectivity index (χ4n) is 3.40. The first-order chi connectivity index (χ1) is 9.46. The van der Waals surface area contributed by atoms with E-state index in [-0.39, 0.29) is 10.9 Å². The molecule has 0 radical (unpaired) electrons. The molecule has 0 bridgehead atoms. The van der Waals surface area contributed by atoms with Gasteiger partial charge in [0.15, 0.2) is 0 Å². The molecule has 1 unspecified atom stereocenters. The second-order valence-corrected chi connectivity index (χ2v) is 8.25. The first kappa shape index (κ1) is 14.3. The molecule has 6 heteroatoms. The number of benzene rings is 1. The maximum Gasteiger partial charge on any atom is 0.243 e. The van der Waals surface area contributed by atoms with Crippen LogP contribution in [0.1, 0.15) is 19.3 Å². The monoisotopic (exact) mass is 314 g/mol. The molecule has 1 aromatic carbocycles. The minimum absolute atomic E-state index is 0.227. The third kappa shape index (κ3) is 2.60. The zero-order chi connectivity index (χ0) is 14.3. The number of rotatable bonds is 2. The van der Waals surface area contributed by atoms with Gasteiger partial charge in [0.05, 0.1) is 4.90 Å². The van der Waals surface area contributed by atoms with Crippen LogP contribution in [0.2, 0.25) is 5.02 Å². The minimum atomic E-state index is -3.43. The molecule has 3 atom stereocenters. The number of sulfonamides is 1. The van der Waals surface area contributed by atoms with Crippen LogP contribution in [0.4, 0.5) is 0 Å². The van der Waals surface area contributed by atoms with E-state index >= 15 is 0 Å². The van der Waals surface area contributed by atoms with Crippen molar-refractivity contribution in [1.82, 2.24) is 4.31 Å². The summed E-state index contributed by atoms with van der Waals surface area (Å²) >= 11 is 5.90. The van der Waals surface area contributed by atoms with E-state index in [4.69, 9.17) is 17.3 Å². The van der Waals surface area contributed by atoms with Gasteiger partial charge in [-0.1, -0.05) is 17.7 Å². The second kappa shape index (κ2) is 5.30. The Balaban J connectivity index is 1.83. The highest BCUT2D eigenvalue weighted by Gasteiger charge is 2.41. The Kier molecular flexibility index (Phi) is 3.79. The Hall–Kier alpha value is -0.620. The summed E-state index contributed by atoms with van der Waals surface area (Å²) in [5, 5.41) is 0.449. The predicted octanol–water partition coefficient (Wildman–Crippen LogP) is 2.09. The van der Waals surface area contributed by atoms with Crippen molar-refractivity contribution in [2.24, 2.45) is 17.6 Å². The van der Waals surface area contributed by atoms with Crippen LogP contribution in [0.3, 0.4) is 0 Å². The Morgan fingerprint density at radius 2 is 1.95 bits per heavy atom. The third-order valence-corrected chi connectivity index (χ3v) is 6.55. The van der Waals surface area contributed by atoms with Crippen LogP contribution in [0, 0.1) is 11.8 Å².